The molecule has 0 spiro atoms. The number of hydrogen-bond acceptors (Lipinski definition) is 4. The number of fused-ring (bicyclic) bond motifs is 1. The van der Waals surface area contributed by atoms with Gasteiger partial charge in [-0.2, -0.15) is 5.10 Å². The molecule has 0 unspecified atom stereocenters. The zero-order valence-electron chi connectivity index (χ0n) is 14.6. The van der Waals surface area contributed by atoms with Gasteiger partial charge in [0.15, 0.2) is 5.58 Å². The summed E-state index contributed by atoms with van der Waals surface area (Å²) in [6.07, 6.45) is 0. The number of nitrogens with zero attached hydrogens (tertiary/aromatic N) is 2. The second-order valence-electron chi connectivity index (χ2n) is 6.13. The number of carbonyl (C=O) groups is 1. The van der Waals surface area contributed by atoms with Gasteiger partial charge in [0.25, 0.3) is 0 Å². The van der Waals surface area contributed by atoms with Gasteiger partial charge in [0.1, 0.15) is 17.0 Å². The molecule has 5 nitrogen and oxygen atoms in total. The molecule has 0 radical (unpaired) electrons. The Kier molecular flexibility index (Phi) is 4.05. The summed E-state index contributed by atoms with van der Waals surface area (Å²) in [5, 5.41) is 4.76. The van der Waals surface area contributed by atoms with E-state index in [4.69, 9.17) is 14.3 Å². The molecule has 2 aromatic carbocycles. The number of rotatable bonds is 4. The quantitative estimate of drug-likeness (QED) is 0.513. The second kappa shape index (κ2) is 6.52. The van der Waals surface area contributed by atoms with Crippen LogP contribution in [0, 0.1) is 6.92 Å². The van der Waals surface area contributed by atoms with Gasteiger partial charge < -0.3 is 9.15 Å². The van der Waals surface area contributed by atoms with Crippen LogP contribution in [-0.2, 0) is 11.3 Å². The summed E-state index contributed by atoms with van der Waals surface area (Å²) in [5.41, 5.74) is 5.04. The predicted molar refractivity (Wildman–Crippen MR) is 99.1 cm³/mol. The fourth-order valence-corrected chi connectivity index (χ4v) is 3.03. The highest BCUT2D eigenvalue weighted by atomic mass is 16.5. The van der Waals surface area contributed by atoms with Crippen molar-refractivity contribution in [2.75, 3.05) is 7.11 Å². The van der Waals surface area contributed by atoms with Gasteiger partial charge in [-0.1, -0.05) is 42.5 Å². The van der Waals surface area contributed by atoms with E-state index in [1.54, 1.807) is 12.1 Å². The Morgan fingerprint density at radius 1 is 1.12 bits per heavy atom. The first kappa shape index (κ1) is 16.1. The largest absolute Gasteiger partial charge is 0.465 e. The fraction of sp³-hybridized carbons (Fsp3) is 0.143. The lowest BCUT2D eigenvalue weighted by molar-refractivity contribution is 0.0601. The second-order valence-corrected chi connectivity index (χ2v) is 6.13. The minimum Gasteiger partial charge on any atom is -0.465 e. The van der Waals surface area contributed by atoms with Gasteiger partial charge >= 0.3 is 5.97 Å². The van der Waals surface area contributed by atoms with Gasteiger partial charge in [-0.15, -0.1) is 0 Å². The Bertz CT molecular complexity index is 1060. The molecule has 0 saturated heterocycles. The van der Waals surface area contributed by atoms with Gasteiger partial charge in [-0.05, 0) is 24.6 Å². The number of hydrogen-bond donors (Lipinski definition) is 0. The molecule has 0 atom stereocenters. The summed E-state index contributed by atoms with van der Waals surface area (Å²) in [4.78, 5) is 11.6. The molecule has 0 saturated carbocycles. The maximum atomic E-state index is 11.6. The summed E-state index contributed by atoms with van der Waals surface area (Å²) in [6.45, 7) is 2.59. The predicted octanol–water partition coefficient (Wildman–Crippen LogP) is 4.44. The van der Waals surface area contributed by atoms with E-state index in [2.05, 4.69) is 12.1 Å². The third-order valence-electron chi connectivity index (χ3n) is 4.30. The molecule has 2 heterocycles. The average molecular weight is 346 g/mol. The van der Waals surface area contributed by atoms with Crippen molar-refractivity contribution in [1.82, 2.24) is 9.78 Å². The van der Waals surface area contributed by atoms with Crippen LogP contribution < -0.4 is 0 Å². The molecule has 0 bridgehead atoms. The minimum atomic E-state index is -0.356. The summed E-state index contributed by atoms with van der Waals surface area (Å²) in [5.74, 6) is 0.483. The van der Waals surface area contributed by atoms with Crippen LogP contribution in [0.4, 0.5) is 0 Å². The van der Waals surface area contributed by atoms with Crippen molar-refractivity contribution in [2.45, 2.75) is 13.5 Å². The van der Waals surface area contributed by atoms with E-state index < -0.39 is 0 Å². The number of carbonyl (C=O) groups excluding carboxylic acids is 1. The third kappa shape index (κ3) is 2.88. The van der Waals surface area contributed by atoms with Crippen molar-refractivity contribution in [3.63, 3.8) is 0 Å². The molecular formula is C21H18N2O3. The lowest BCUT2D eigenvalue weighted by Gasteiger charge is -2.03. The van der Waals surface area contributed by atoms with Gasteiger partial charge in [0, 0.05) is 11.6 Å². The van der Waals surface area contributed by atoms with Crippen LogP contribution in [0.15, 0.2) is 65.1 Å². The highest BCUT2D eigenvalue weighted by molar-refractivity contribution is 5.92. The maximum absolute atomic E-state index is 11.6. The normalized spacial score (nSPS) is 11.0. The van der Waals surface area contributed by atoms with E-state index in [0.717, 1.165) is 28.1 Å². The molecule has 26 heavy (non-hydrogen) atoms. The molecule has 4 aromatic rings. The number of aromatic nitrogens is 2. The Balaban J connectivity index is 1.77. The zero-order valence-corrected chi connectivity index (χ0v) is 14.6. The van der Waals surface area contributed by atoms with Gasteiger partial charge in [-0.25, -0.2) is 4.79 Å². The third-order valence-corrected chi connectivity index (χ3v) is 4.30. The number of esters is 1. The van der Waals surface area contributed by atoms with Crippen molar-refractivity contribution in [2.24, 2.45) is 0 Å². The van der Waals surface area contributed by atoms with Crippen LogP contribution in [0.25, 0.3) is 22.4 Å². The van der Waals surface area contributed by atoms with Crippen LogP contribution in [0.3, 0.4) is 0 Å². The molecule has 0 amide bonds. The van der Waals surface area contributed by atoms with Crippen molar-refractivity contribution in [1.29, 1.82) is 0 Å². The van der Waals surface area contributed by atoms with E-state index >= 15 is 0 Å². The Hall–Kier alpha value is -3.34. The molecule has 130 valence electrons. The first-order valence-corrected chi connectivity index (χ1v) is 8.35. The number of methoxy groups -OCH3 is 1. The van der Waals surface area contributed by atoms with Crippen LogP contribution in [0.1, 0.15) is 21.7 Å². The molecule has 0 aliphatic heterocycles. The number of benzene rings is 2. The van der Waals surface area contributed by atoms with Crippen LogP contribution in [0.5, 0.6) is 0 Å². The highest BCUT2D eigenvalue weighted by Gasteiger charge is 2.17. The lowest BCUT2D eigenvalue weighted by atomic mass is 10.1. The van der Waals surface area contributed by atoms with Crippen LogP contribution in [0.2, 0.25) is 0 Å². The van der Waals surface area contributed by atoms with Crippen LogP contribution in [-0.4, -0.2) is 22.9 Å². The topological polar surface area (TPSA) is 57.3 Å². The maximum Gasteiger partial charge on any atom is 0.337 e. The molecule has 0 N–H and O–H groups in total. The number of furan rings is 1. The van der Waals surface area contributed by atoms with E-state index in [1.165, 1.54) is 12.7 Å². The van der Waals surface area contributed by atoms with E-state index in [1.807, 2.05) is 48.0 Å². The highest BCUT2D eigenvalue weighted by Crippen LogP contribution is 2.31. The average Bonchev–Trinajstić information content (AvgIpc) is 3.20. The first-order valence-electron chi connectivity index (χ1n) is 8.35. The molecule has 0 fully saturated rings. The zero-order chi connectivity index (χ0) is 18.1. The van der Waals surface area contributed by atoms with E-state index in [-0.39, 0.29) is 5.97 Å². The molecule has 2 aromatic heterocycles. The van der Waals surface area contributed by atoms with Gasteiger partial charge in [0.2, 0.25) is 0 Å². The van der Waals surface area contributed by atoms with Crippen molar-refractivity contribution in [3.8, 4) is 11.3 Å². The van der Waals surface area contributed by atoms with Crippen LogP contribution >= 0.6 is 0 Å². The molecule has 5 heteroatoms. The minimum absolute atomic E-state index is 0.356. The summed E-state index contributed by atoms with van der Waals surface area (Å²) >= 11 is 0. The summed E-state index contributed by atoms with van der Waals surface area (Å²) < 4.78 is 12.6. The van der Waals surface area contributed by atoms with E-state index in [9.17, 15) is 4.79 Å². The van der Waals surface area contributed by atoms with Gasteiger partial charge in [-0.3, -0.25) is 4.68 Å². The molecule has 4 rings (SSSR count). The standard InChI is InChI=1S/C21H18N2O3/c1-14-12-18-20(26-14)19(16-8-10-17(11-9-16)21(24)25-2)22-23(18)13-15-6-4-3-5-7-15/h3-12H,13H2,1-2H3. The number of ether oxygens (including phenoxy) is 1. The Labute approximate surface area is 150 Å². The first-order chi connectivity index (χ1) is 12.7. The summed E-state index contributed by atoms with van der Waals surface area (Å²) in [6, 6.07) is 19.4. The molecule has 0 aliphatic rings. The molecule has 0 aliphatic carbocycles. The van der Waals surface area contributed by atoms with Crippen molar-refractivity contribution < 1.29 is 13.9 Å². The fourth-order valence-electron chi connectivity index (χ4n) is 3.03. The van der Waals surface area contributed by atoms with E-state index in [0.29, 0.717) is 12.1 Å². The number of aryl methyl sites for hydroxylation is 1. The Morgan fingerprint density at radius 3 is 2.54 bits per heavy atom. The van der Waals surface area contributed by atoms with Crippen molar-refractivity contribution in [3.05, 3.63) is 77.6 Å². The van der Waals surface area contributed by atoms with Gasteiger partial charge in [0.05, 0.1) is 19.2 Å². The lowest BCUT2D eigenvalue weighted by Crippen LogP contribution is -2.02. The molecular weight excluding hydrogens is 328 g/mol. The summed E-state index contributed by atoms with van der Waals surface area (Å²) in [7, 11) is 1.37. The smallest absolute Gasteiger partial charge is 0.337 e. The SMILES string of the molecule is COC(=O)c1ccc(-c2nn(Cc3ccccc3)c3cc(C)oc23)cc1. The van der Waals surface area contributed by atoms with Crippen molar-refractivity contribution >= 4 is 17.1 Å². The monoisotopic (exact) mass is 346 g/mol. The Morgan fingerprint density at radius 2 is 1.85 bits per heavy atom.